The van der Waals surface area contributed by atoms with E-state index < -0.39 is 17.7 Å². The molecule has 0 radical (unpaired) electrons. The Morgan fingerprint density at radius 3 is 2.30 bits per heavy atom. The number of unbranched alkanes of at least 4 members (excludes halogenated alkanes) is 2. The number of rotatable bonds is 12. The van der Waals surface area contributed by atoms with Crippen molar-refractivity contribution >= 4 is 17.4 Å². The lowest BCUT2D eigenvalue weighted by Crippen LogP contribution is -2.29. The van der Waals surface area contributed by atoms with E-state index in [4.69, 9.17) is 9.47 Å². The van der Waals surface area contributed by atoms with E-state index in [1.165, 1.54) is 4.90 Å². The van der Waals surface area contributed by atoms with Crippen molar-refractivity contribution in [2.45, 2.75) is 52.3 Å². The molecule has 1 unspecified atom stereocenters. The van der Waals surface area contributed by atoms with Gasteiger partial charge < -0.3 is 19.5 Å². The molecule has 43 heavy (non-hydrogen) atoms. The summed E-state index contributed by atoms with van der Waals surface area (Å²) in [5.74, 6) is -0.296. The minimum atomic E-state index is -0.786. The lowest BCUT2D eigenvalue weighted by atomic mass is 9.95. The minimum absolute atomic E-state index is 0.0408. The first-order chi connectivity index (χ1) is 21.0. The first-order valence-corrected chi connectivity index (χ1v) is 14.6. The topological polar surface area (TPSA) is 89.0 Å². The number of carbonyl (C=O) groups is 2. The van der Waals surface area contributed by atoms with E-state index >= 15 is 0 Å². The van der Waals surface area contributed by atoms with Crippen LogP contribution in [0.3, 0.4) is 0 Å². The van der Waals surface area contributed by atoms with Crippen LogP contribution in [0.5, 0.6) is 11.5 Å². The molecule has 7 nitrogen and oxygen atoms in total. The third-order valence-corrected chi connectivity index (χ3v) is 7.61. The molecule has 4 aromatic rings. The average Bonchev–Trinajstić information content (AvgIpc) is 3.28. The Morgan fingerprint density at radius 2 is 1.60 bits per heavy atom. The van der Waals surface area contributed by atoms with Gasteiger partial charge in [0.15, 0.2) is 0 Å². The Hall–Kier alpha value is -4.91. The number of amides is 1. The van der Waals surface area contributed by atoms with Crippen molar-refractivity contribution in [3.8, 4) is 11.5 Å². The number of ketones is 1. The van der Waals surface area contributed by atoms with Crippen LogP contribution in [0.25, 0.3) is 5.76 Å². The fourth-order valence-electron chi connectivity index (χ4n) is 5.16. The molecule has 1 aliphatic rings. The van der Waals surface area contributed by atoms with Crippen LogP contribution < -0.4 is 9.47 Å². The highest BCUT2D eigenvalue weighted by atomic mass is 16.5. The fourth-order valence-corrected chi connectivity index (χ4v) is 5.16. The summed E-state index contributed by atoms with van der Waals surface area (Å²) in [4.78, 5) is 32.5. The maximum atomic E-state index is 13.5. The van der Waals surface area contributed by atoms with Crippen LogP contribution >= 0.6 is 0 Å². The number of nitrogens with zero attached hydrogens (tertiary/aromatic N) is 2. The van der Waals surface area contributed by atoms with Crippen molar-refractivity contribution in [2.75, 3.05) is 6.61 Å². The van der Waals surface area contributed by atoms with Gasteiger partial charge in [-0.05, 0) is 78.1 Å². The van der Waals surface area contributed by atoms with Gasteiger partial charge in [-0.3, -0.25) is 14.6 Å². The molecule has 1 atom stereocenters. The summed E-state index contributed by atoms with van der Waals surface area (Å²) >= 11 is 0. The second kappa shape index (κ2) is 13.8. The zero-order valence-corrected chi connectivity index (χ0v) is 24.5. The number of benzene rings is 3. The van der Waals surface area contributed by atoms with Crippen molar-refractivity contribution in [2.24, 2.45) is 0 Å². The third kappa shape index (κ3) is 6.95. The number of carbonyl (C=O) groups excluding carboxylic acids is 2. The Morgan fingerprint density at radius 1 is 0.884 bits per heavy atom. The van der Waals surface area contributed by atoms with Crippen molar-refractivity contribution in [3.05, 3.63) is 131 Å². The van der Waals surface area contributed by atoms with Gasteiger partial charge >= 0.3 is 0 Å². The van der Waals surface area contributed by atoms with Gasteiger partial charge in [0.2, 0.25) is 0 Å². The zero-order valence-electron chi connectivity index (χ0n) is 24.5. The van der Waals surface area contributed by atoms with Gasteiger partial charge in [0, 0.05) is 24.5 Å². The van der Waals surface area contributed by atoms with Gasteiger partial charge in [-0.25, -0.2) is 0 Å². The molecule has 3 aromatic carbocycles. The van der Waals surface area contributed by atoms with Crippen molar-refractivity contribution in [1.82, 2.24) is 9.88 Å². The highest BCUT2D eigenvalue weighted by Crippen LogP contribution is 2.41. The first-order valence-electron chi connectivity index (χ1n) is 14.6. The second-order valence-electron chi connectivity index (χ2n) is 10.7. The van der Waals surface area contributed by atoms with Gasteiger partial charge in [0.1, 0.15) is 23.9 Å². The summed E-state index contributed by atoms with van der Waals surface area (Å²) in [6.45, 7) is 5.38. The van der Waals surface area contributed by atoms with E-state index in [-0.39, 0.29) is 17.9 Å². The van der Waals surface area contributed by atoms with E-state index in [9.17, 15) is 14.7 Å². The predicted molar refractivity (Wildman–Crippen MR) is 165 cm³/mol. The molecule has 1 fully saturated rings. The quantitative estimate of drug-likeness (QED) is 0.0833. The molecular formula is C36H36N2O5. The maximum Gasteiger partial charge on any atom is 0.295 e. The van der Waals surface area contributed by atoms with Crippen LogP contribution in [0.15, 0.2) is 103 Å². The van der Waals surface area contributed by atoms with E-state index in [0.29, 0.717) is 35.8 Å². The smallest absolute Gasteiger partial charge is 0.295 e. The third-order valence-electron chi connectivity index (χ3n) is 7.61. The molecule has 1 N–H and O–H groups in total. The first kappa shape index (κ1) is 29.6. The van der Waals surface area contributed by atoms with E-state index in [0.717, 1.165) is 36.0 Å². The Bertz CT molecular complexity index is 1580. The van der Waals surface area contributed by atoms with Crippen LogP contribution in [0.4, 0.5) is 0 Å². The van der Waals surface area contributed by atoms with Gasteiger partial charge in [-0.15, -0.1) is 0 Å². The van der Waals surface area contributed by atoms with Crippen molar-refractivity contribution in [1.29, 1.82) is 0 Å². The Labute approximate surface area is 252 Å². The summed E-state index contributed by atoms with van der Waals surface area (Å²) in [5, 5.41) is 11.5. The number of aromatic nitrogens is 1. The molecule has 0 bridgehead atoms. The molecule has 0 saturated carbocycles. The largest absolute Gasteiger partial charge is 0.507 e. The summed E-state index contributed by atoms with van der Waals surface area (Å²) < 4.78 is 11.8. The molecule has 220 valence electrons. The fraction of sp³-hybridized carbons (Fsp3) is 0.250. The van der Waals surface area contributed by atoms with E-state index in [1.807, 2.05) is 61.5 Å². The molecule has 7 heteroatoms. The Balaban J connectivity index is 1.44. The maximum absolute atomic E-state index is 13.5. The molecule has 1 saturated heterocycles. The standard InChI is InChI=1S/C36H36N2O5/c1-3-4-7-21-42-30-16-12-27(13-17-30)33-32(35(40)36(41)38(33)23-26-10-8-20-37-22-26)34(39)28-14-18-31(19-15-28)43-24-29-11-6-5-9-25(29)2/h5-6,8-20,22,33,39H,3-4,7,21,23-24H2,1-2H3. The van der Waals surface area contributed by atoms with Gasteiger partial charge in [-0.1, -0.05) is 62.2 Å². The van der Waals surface area contributed by atoms with Crippen molar-refractivity contribution < 1.29 is 24.2 Å². The number of aliphatic hydroxyl groups is 1. The van der Waals surface area contributed by atoms with Crippen molar-refractivity contribution in [3.63, 3.8) is 0 Å². The molecule has 1 aromatic heterocycles. The lowest BCUT2D eigenvalue weighted by molar-refractivity contribution is -0.140. The molecule has 1 aliphatic heterocycles. The summed E-state index contributed by atoms with van der Waals surface area (Å²) in [6.07, 6.45) is 6.50. The lowest BCUT2D eigenvalue weighted by Gasteiger charge is -2.25. The van der Waals surface area contributed by atoms with Crippen LogP contribution in [0, 0.1) is 6.92 Å². The van der Waals surface area contributed by atoms with Gasteiger partial charge in [0.05, 0.1) is 18.2 Å². The number of aryl methyl sites for hydroxylation is 1. The predicted octanol–water partition coefficient (Wildman–Crippen LogP) is 7.16. The molecule has 1 amide bonds. The summed E-state index contributed by atoms with van der Waals surface area (Å²) in [5.41, 5.74) is 4.16. The van der Waals surface area contributed by atoms with Crippen LogP contribution in [-0.2, 0) is 22.7 Å². The Kier molecular flexibility index (Phi) is 9.52. The highest BCUT2D eigenvalue weighted by Gasteiger charge is 2.46. The summed E-state index contributed by atoms with van der Waals surface area (Å²) in [6, 6.07) is 25.1. The van der Waals surface area contributed by atoms with Gasteiger partial charge in [0.25, 0.3) is 11.7 Å². The minimum Gasteiger partial charge on any atom is -0.507 e. The van der Waals surface area contributed by atoms with Crippen LogP contribution in [0.2, 0.25) is 0 Å². The number of aliphatic hydroxyl groups excluding tert-OH is 1. The van der Waals surface area contributed by atoms with Gasteiger partial charge in [-0.2, -0.15) is 0 Å². The number of Topliss-reactive ketones (excluding diaryl/α,β-unsaturated/α-hetero) is 1. The zero-order chi connectivity index (χ0) is 30.2. The SMILES string of the molecule is CCCCCOc1ccc(C2C(=C(O)c3ccc(OCc4ccccc4C)cc3)C(=O)C(=O)N2Cc2cccnc2)cc1. The number of hydrogen-bond acceptors (Lipinski definition) is 6. The van der Waals surface area contributed by atoms with E-state index in [1.54, 1.807) is 42.7 Å². The average molecular weight is 577 g/mol. The molecule has 5 rings (SSSR count). The second-order valence-corrected chi connectivity index (χ2v) is 10.7. The number of pyridine rings is 1. The van der Waals surface area contributed by atoms with E-state index in [2.05, 4.69) is 11.9 Å². The number of likely N-dealkylation sites (tertiary alicyclic amines) is 1. The van der Waals surface area contributed by atoms with Crippen LogP contribution in [0.1, 0.15) is 60.0 Å². The molecule has 2 heterocycles. The molecule has 0 spiro atoms. The van der Waals surface area contributed by atoms with Crippen LogP contribution in [-0.4, -0.2) is 33.3 Å². The monoisotopic (exact) mass is 576 g/mol. The number of ether oxygens (including phenoxy) is 2. The highest BCUT2D eigenvalue weighted by molar-refractivity contribution is 6.46. The molecular weight excluding hydrogens is 540 g/mol. The number of hydrogen-bond donors (Lipinski definition) is 1. The normalized spacial score (nSPS) is 16.0. The molecule has 0 aliphatic carbocycles. The summed E-state index contributed by atoms with van der Waals surface area (Å²) in [7, 11) is 0.